The van der Waals surface area contributed by atoms with Crippen LogP contribution in [0.4, 0.5) is 0 Å². The number of halogens is 2. The molecular formula is C14H15Cl2NO3. The van der Waals surface area contributed by atoms with Crippen LogP contribution in [-0.2, 0) is 15.0 Å². The monoisotopic (exact) mass is 315 g/mol. The summed E-state index contributed by atoms with van der Waals surface area (Å²) >= 11 is 11.9. The highest BCUT2D eigenvalue weighted by molar-refractivity contribution is 6.42. The number of rotatable bonds is 4. The van der Waals surface area contributed by atoms with Crippen LogP contribution in [0.15, 0.2) is 18.2 Å². The molecule has 1 amide bonds. The summed E-state index contributed by atoms with van der Waals surface area (Å²) in [7, 11) is 1.51. The zero-order valence-electron chi connectivity index (χ0n) is 11.0. The first-order valence-electron chi connectivity index (χ1n) is 6.30. The first-order valence-corrected chi connectivity index (χ1v) is 7.05. The topological polar surface area (TPSA) is 57.6 Å². The van der Waals surface area contributed by atoms with Crippen LogP contribution in [0.1, 0.15) is 24.8 Å². The summed E-state index contributed by atoms with van der Waals surface area (Å²) in [5, 5.41) is 9.66. The van der Waals surface area contributed by atoms with Crippen molar-refractivity contribution in [3.63, 3.8) is 0 Å². The fourth-order valence-electron chi connectivity index (χ4n) is 2.59. The lowest BCUT2D eigenvalue weighted by Crippen LogP contribution is -2.50. The molecule has 2 rings (SSSR count). The van der Waals surface area contributed by atoms with Crippen LogP contribution < -0.4 is 0 Å². The molecule has 1 fully saturated rings. The van der Waals surface area contributed by atoms with Crippen molar-refractivity contribution in [2.24, 2.45) is 0 Å². The maximum atomic E-state index is 12.6. The van der Waals surface area contributed by atoms with E-state index in [2.05, 4.69) is 0 Å². The fourth-order valence-corrected chi connectivity index (χ4v) is 2.89. The van der Waals surface area contributed by atoms with Gasteiger partial charge in [0.1, 0.15) is 6.54 Å². The number of benzene rings is 1. The molecule has 1 aromatic carbocycles. The van der Waals surface area contributed by atoms with E-state index in [1.165, 1.54) is 11.9 Å². The van der Waals surface area contributed by atoms with Crippen LogP contribution in [-0.4, -0.2) is 35.5 Å². The third-order valence-corrected chi connectivity index (χ3v) is 4.55. The Bertz CT molecular complexity index is 555. The van der Waals surface area contributed by atoms with Crippen molar-refractivity contribution in [3.8, 4) is 0 Å². The predicted molar refractivity (Wildman–Crippen MR) is 77.3 cm³/mol. The van der Waals surface area contributed by atoms with Crippen LogP contribution in [0.5, 0.6) is 0 Å². The van der Waals surface area contributed by atoms with Crippen LogP contribution in [0.25, 0.3) is 0 Å². The lowest BCUT2D eigenvalue weighted by molar-refractivity contribution is -0.147. The summed E-state index contributed by atoms with van der Waals surface area (Å²) in [6.07, 6.45) is 2.34. The van der Waals surface area contributed by atoms with Crippen molar-refractivity contribution < 1.29 is 14.7 Å². The maximum absolute atomic E-state index is 12.6. The highest BCUT2D eigenvalue weighted by atomic mass is 35.5. The van der Waals surface area contributed by atoms with E-state index in [0.717, 1.165) is 12.0 Å². The van der Waals surface area contributed by atoms with E-state index in [1.54, 1.807) is 18.2 Å². The van der Waals surface area contributed by atoms with Crippen molar-refractivity contribution in [1.82, 2.24) is 4.90 Å². The summed E-state index contributed by atoms with van der Waals surface area (Å²) in [4.78, 5) is 24.6. The van der Waals surface area contributed by atoms with E-state index < -0.39 is 11.4 Å². The number of carboxylic acid groups (broad SMARTS) is 1. The van der Waals surface area contributed by atoms with Gasteiger partial charge in [0.2, 0.25) is 5.91 Å². The normalized spacial score (nSPS) is 16.4. The average molecular weight is 316 g/mol. The van der Waals surface area contributed by atoms with Gasteiger partial charge in [0.25, 0.3) is 0 Å². The van der Waals surface area contributed by atoms with Crippen molar-refractivity contribution in [1.29, 1.82) is 0 Å². The number of nitrogens with zero attached hydrogens (tertiary/aromatic N) is 1. The molecule has 0 aliphatic heterocycles. The van der Waals surface area contributed by atoms with E-state index in [9.17, 15) is 9.59 Å². The lowest BCUT2D eigenvalue weighted by Gasteiger charge is -2.43. The van der Waals surface area contributed by atoms with E-state index >= 15 is 0 Å². The summed E-state index contributed by atoms with van der Waals surface area (Å²) in [6.45, 7) is -0.304. The SMILES string of the molecule is CN(CC(=O)O)C(=O)C1(c2ccc(Cl)c(Cl)c2)CCC1. The molecule has 108 valence electrons. The van der Waals surface area contributed by atoms with Crippen LogP contribution in [0.3, 0.4) is 0 Å². The predicted octanol–water partition coefficient (Wildman–Crippen LogP) is 2.96. The Morgan fingerprint density at radius 3 is 2.40 bits per heavy atom. The number of carbonyl (C=O) groups excluding carboxylic acids is 1. The molecule has 1 N–H and O–H groups in total. The van der Waals surface area contributed by atoms with E-state index in [1.807, 2.05) is 0 Å². The molecule has 1 aromatic rings. The molecule has 0 spiro atoms. The van der Waals surface area contributed by atoms with Gasteiger partial charge in [-0.15, -0.1) is 0 Å². The minimum atomic E-state index is -1.02. The Hall–Kier alpha value is -1.26. The van der Waals surface area contributed by atoms with Gasteiger partial charge in [-0.1, -0.05) is 35.7 Å². The number of carboxylic acids is 1. The lowest BCUT2D eigenvalue weighted by atomic mass is 9.63. The molecule has 0 saturated heterocycles. The third kappa shape index (κ3) is 2.63. The second-order valence-corrected chi connectivity index (χ2v) is 5.93. The van der Waals surface area contributed by atoms with Gasteiger partial charge in [0.05, 0.1) is 15.5 Å². The molecule has 0 unspecified atom stereocenters. The molecule has 1 aliphatic rings. The zero-order valence-corrected chi connectivity index (χ0v) is 12.5. The molecule has 20 heavy (non-hydrogen) atoms. The van der Waals surface area contributed by atoms with Crippen molar-refractivity contribution >= 4 is 35.1 Å². The molecule has 0 heterocycles. The molecule has 0 radical (unpaired) electrons. The van der Waals surface area contributed by atoms with Crippen molar-refractivity contribution in [2.75, 3.05) is 13.6 Å². The molecular weight excluding hydrogens is 301 g/mol. The Labute approximate surface area is 127 Å². The first kappa shape index (κ1) is 15.1. The van der Waals surface area contributed by atoms with E-state index in [4.69, 9.17) is 28.3 Å². The number of aliphatic carboxylic acids is 1. The van der Waals surface area contributed by atoms with Gasteiger partial charge in [-0.3, -0.25) is 9.59 Å². The number of amides is 1. The molecule has 4 nitrogen and oxygen atoms in total. The number of hydrogen-bond acceptors (Lipinski definition) is 2. The highest BCUT2D eigenvalue weighted by Gasteiger charge is 2.47. The second kappa shape index (κ2) is 5.62. The van der Waals surface area contributed by atoms with Gasteiger partial charge in [-0.2, -0.15) is 0 Å². The quantitative estimate of drug-likeness (QED) is 0.929. The Balaban J connectivity index is 2.31. The van der Waals surface area contributed by atoms with Crippen LogP contribution in [0.2, 0.25) is 10.0 Å². The minimum absolute atomic E-state index is 0.176. The van der Waals surface area contributed by atoms with Gasteiger partial charge in [-0.05, 0) is 30.5 Å². The fraction of sp³-hybridized carbons (Fsp3) is 0.429. The largest absolute Gasteiger partial charge is 0.480 e. The maximum Gasteiger partial charge on any atom is 0.323 e. The van der Waals surface area contributed by atoms with Crippen molar-refractivity contribution in [2.45, 2.75) is 24.7 Å². The zero-order chi connectivity index (χ0) is 14.9. The molecule has 0 aromatic heterocycles. The highest BCUT2D eigenvalue weighted by Crippen LogP contribution is 2.46. The summed E-state index contributed by atoms with van der Waals surface area (Å²) in [5.74, 6) is -1.20. The number of hydrogen-bond donors (Lipinski definition) is 1. The molecule has 6 heteroatoms. The van der Waals surface area contributed by atoms with Crippen molar-refractivity contribution in [3.05, 3.63) is 33.8 Å². The van der Waals surface area contributed by atoms with Gasteiger partial charge in [0.15, 0.2) is 0 Å². The average Bonchev–Trinajstić information content (AvgIpc) is 2.31. The molecule has 1 saturated carbocycles. The summed E-state index contributed by atoms with van der Waals surface area (Å²) in [6, 6.07) is 5.17. The Morgan fingerprint density at radius 1 is 1.30 bits per heavy atom. The van der Waals surface area contributed by atoms with Gasteiger partial charge >= 0.3 is 5.97 Å². The van der Waals surface area contributed by atoms with Gasteiger partial charge < -0.3 is 10.0 Å². The number of likely N-dealkylation sites (N-methyl/N-ethyl adjacent to an activating group) is 1. The molecule has 0 atom stereocenters. The van der Waals surface area contributed by atoms with Crippen LogP contribution in [0, 0.1) is 0 Å². The standard InChI is InChI=1S/C14H15Cl2NO3/c1-17(8-12(18)19)13(20)14(5-2-6-14)9-3-4-10(15)11(16)7-9/h3-4,7H,2,5-6,8H2,1H3,(H,18,19). The Morgan fingerprint density at radius 2 is 1.95 bits per heavy atom. The van der Waals surface area contributed by atoms with Gasteiger partial charge in [0, 0.05) is 7.05 Å². The molecule has 1 aliphatic carbocycles. The number of carbonyl (C=O) groups is 2. The van der Waals surface area contributed by atoms with E-state index in [-0.39, 0.29) is 12.5 Å². The molecule has 0 bridgehead atoms. The second-order valence-electron chi connectivity index (χ2n) is 5.12. The summed E-state index contributed by atoms with van der Waals surface area (Å²) < 4.78 is 0. The Kier molecular flexibility index (Phi) is 4.25. The smallest absolute Gasteiger partial charge is 0.323 e. The third-order valence-electron chi connectivity index (χ3n) is 3.81. The van der Waals surface area contributed by atoms with Gasteiger partial charge in [-0.25, -0.2) is 0 Å². The first-order chi connectivity index (χ1) is 9.36. The summed E-state index contributed by atoms with van der Waals surface area (Å²) in [5.41, 5.74) is 0.152. The van der Waals surface area contributed by atoms with E-state index in [0.29, 0.717) is 22.9 Å². The van der Waals surface area contributed by atoms with Crippen LogP contribution >= 0.6 is 23.2 Å². The minimum Gasteiger partial charge on any atom is -0.480 e.